The zero-order chi connectivity index (χ0) is 21.0. The minimum atomic E-state index is -0.0472. The van der Waals surface area contributed by atoms with Crippen LogP contribution in [0, 0.1) is 11.8 Å². The summed E-state index contributed by atoms with van der Waals surface area (Å²) in [7, 11) is 0. The summed E-state index contributed by atoms with van der Waals surface area (Å²) in [5, 5.41) is 2.83. The fourth-order valence-corrected chi connectivity index (χ4v) is 3.03. The van der Waals surface area contributed by atoms with Crippen LogP contribution in [0.1, 0.15) is 11.1 Å². The van der Waals surface area contributed by atoms with Gasteiger partial charge in [-0.05, 0) is 34.7 Å². The third-order valence-electron chi connectivity index (χ3n) is 4.56. The number of nitrogens with one attached hydrogen (secondary N) is 1. The van der Waals surface area contributed by atoms with Gasteiger partial charge in [0.15, 0.2) is 0 Å². The SMILES string of the molecule is C=CCc1ccccc1OCC#CCNC(=O)Cc1ccc(-c2ccccc2)cc1. The highest BCUT2D eigenvalue weighted by Crippen LogP contribution is 2.19. The summed E-state index contributed by atoms with van der Waals surface area (Å²) < 4.78 is 5.71. The molecule has 0 heterocycles. The molecule has 0 aliphatic carbocycles. The molecule has 0 spiro atoms. The van der Waals surface area contributed by atoms with Crippen molar-refractivity contribution in [1.29, 1.82) is 0 Å². The van der Waals surface area contributed by atoms with E-state index in [0.29, 0.717) is 13.0 Å². The van der Waals surface area contributed by atoms with E-state index in [-0.39, 0.29) is 12.5 Å². The average molecular weight is 396 g/mol. The van der Waals surface area contributed by atoms with E-state index in [0.717, 1.165) is 34.4 Å². The topological polar surface area (TPSA) is 38.3 Å². The molecule has 3 rings (SSSR count). The molecule has 0 aliphatic heterocycles. The number of benzene rings is 3. The Morgan fingerprint density at radius 1 is 0.900 bits per heavy atom. The Bertz CT molecular complexity index is 1030. The first-order chi connectivity index (χ1) is 14.8. The number of rotatable bonds is 8. The van der Waals surface area contributed by atoms with Crippen LogP contribution < -0.4 is 10.1 Å². The van der Waals surface area contributed by atoms with Gasteiger partial charge < -0.3 is 10.1 Å². The molecule has 0 fully saturated rings. The zero-order valence-electron chi connectivity index (χ0n) is 16.9. The van der Waals surface area contributed by atoms with Crippen LogP contribution in [0.4, 0.5) is 0 Å². The van der Waals surface area contributed by atoms with E-state index in [9.17, 15) is 4.79 Å². The van der Waals surface area contributed by atoms with E-state index in [1.165, 1.54) is 0 Å². The first kappa shape index (κ1) is 21.0. The summed E-state index contributed by atoms with van der Waals surface area (Å²) >= 11 is 0. The van der Waals surface area contributed by atoms with Gasteiger partial charge in [-0.15, -0.1) is 6.58 Å². The number of para-hydroxylation sites is 1. The summed E-state index contributed by atoms with van der Waals surface area (Å²) in [6, 6.07) is 26.1. The fraction of sp³-hybridized carbons (Fsp3) is 0.148. The summed E-state index contributed by atoms with van der Waals surface area (Å²) in [4.78, 5) is 12.1. The predicted molar refractivity (Wildman–Crippen MR) is 122 cm³/mol. The van der Waals surface area contributed by atoms with Crippen molar-refractivity contribution >= 4 is 5.91 Å². The second kappa shape index (κ2) is 11.3. The van der Waals surface area contributed by atoms with Crippen molar-refractivity contribution in [3.8, 4) is 28.7 Å². The number of hydrogen-bond donors (Lipinski definition) is 1. The lowest BCUT2D eigenvalue weighted by atomic mass is 10.0. The molecule has 0 unspecified atom stereocenters. The molecule has 0 bridgehead atoms. The normalized spacial score (nSPS) is 9.87. The van der Waals surface area contributed by atoms with Gasteiger partial charge >= 0.3 is 0 Å². The molecule has 150 valence electrons. The predicted octanol–water partition coefficient (Wildman–Crippen LogP) is 4.82. The van der Waals surface area contributed by atoms with Crippen molar-refractivity contribution in [2.45, 2.75) is 12.8 Å². The Labute approximate surface area is 178 Å². The highest BCUT2D eigenvalue weighted by atomic mass is 16.5. The third kappa shape index (κ3) is 6.39. The van der Waals surface area contributed by atoms with Crippen molar-refractivity contribution in [2.75, 3.05) is 13.2 Å². The monoisotopic (exact) mass is 395 g/mol. The number of carbonyl (C=O) groups excluding carboxylic acids is 1. The van der Waals surface area contributed by atoms with Crippen molar-refractivity contribution < 1.29 is 9.53 Å². The molecule has 3 aromatic carbocycles. The maximum atomic E-state index is 12.1. The lowest BCUT2D eigenvalue weighted by molar-refractivity contribution is -0.120. The molecule has 3 nitrogen and oxygen atoms in total. The molecular weight excluding hydrogens is 370 g/mol. The second-order valence-electron chi connectivity index (χ2n) is 6.76. The smallest absolute Gasteiger partial charge is 0.225 e. The second-order valence-corrected chi connectivity index (χ2v) is 6.76. The van der Waals surface area contributed by atoms with Crippen LogP contribution in [0.25, 0.3) is 11.1 Å². The number of hydrogen-bond acceptors (Lipinski definition) is 2. The van der Waals surface area contributed by atoms with Gasteiger partial charge in [0.2, 0.25) is 5.91 Å². The molecule has 1 amide bonds. The molecule has 0 radical (unpaired) electrons. The van der Waals surface area contributed by atoms with E-state index >= 15 is 0 Å². The highest BCUT2D eigenvalue weighted by molar-refractivity contribution is 5.79. The van der Waals surface area contributed by atoms with Gasteiger partial charge in [-0.2, -0.15) is 0 Å². The summed E-state index contributed by atoms with van der Waals surface area (Å²) in [5.74, 6) is 6.63. The average Bonchev–Trinajstić information content (AvgIpc) is 2.78. The summed E-state index contributed by atoms with van der Waals surface area (Å²) in [5.41, 5.74) is 4.36. The maximum Gasteiger partial charge on any atom is 0.225 e. The van der Waals surface area contributed by atoms with E-state index in [1.807, 2.05) is 72.8 Å². The number of carbonyl (C=O) groups is 1. The molecule has 0 aliphatic rings. The number of amides is 1. The van der Waals surface area contributed by atoms with Crippen molar-refractivity contribution in [3.63, 3.8) is 0 Å². The quantitative estimate of drug-likeness (QED) is 0.439. The minimum absolute atomic E-state index is 0.0472. The standard InChI is InChI=1S/C27H25NO2/c1-2-10-25-13-6-7-14-26(25)30-20-9-8-19-28-27(29)21-22-15-17-24(18-16-22)23-11-4-3-5-12-23/h2-7,11-18H,1,10,19-21H2,(H,28,29). The number of allylic oxidation sites excluding steroid dienone is 1. The summed E-state index contributed by atoms with van der Waals surface area (Å²) in [6.07, 6.45) is 2.94. The third-order valence-corrected chi connectivity index (χ3v) is 4.56. The first-order valence-corrected chi connectivity index (χ1v) is 9.94. The van der Waals surface area contributed by atoms with Gasteiger partial charge in [0.05, 0.1) is 13.0 Å². The Balaban J connectivity index is 1.41. The Morgan fingerprint density at radius 3 is 2.37 bits per heavy atom. The summed E-state index contributed by atoms with van der Waals surface area (Å²) in [6.45, 7) is 4.35. The molecule has 1 N–H and O–H groups in total. The lowest BCUT2D eigenvalue weighted by Crippen LogP contribution is -2.25. The number of ether oxygens (including phenoxy) is 1. The van der Waals surface area contributed by atoms with E-state index in [2.05, 4.69) is 35.9 Å². The van der Waals surface area contributed by atoms with E-state index < -0.39 is 0 Å². The Hall–Kier alpha value is -3.77. The van der Waals surface area contributed by atoms with E-state index in [1.54, 1.807) is 0 Å². The van der Waals surface area contributed by atoms with E-state index in [4.69, 9.17) is 4.74 Å². The highest BCUT2D eigenvalue weighted by Gasteiger charge is 2.03. The van der Waals surface area contributed by atoms with Crippen LogP contribution >= 0.6 is 0 Å². The van der Waals surface area contributed by atoms with Gasteiger partial charge in [0.25, 0.3) is 0 Å². The molecule has 30 heavy (non-hydrogen) atoms. The molecule has 0 aromatic heterocycles. The Morgan fingerprint density at radius 2 is 1.60 bits per heavy atom. The van der Waals surface area contributed by atoms with Crippen LogP contribution in [0.15, 0.2) is 91.5 Å². The molecular formula is C27H25NO2. The van der Waals surface area contributed by atoms with Crippen molar-refractivity contribution in [2.24, 2.45) is 0 Å². The molecule has 0 saturated carbocycles. The van der Waals surface area contributed by atoms with Gasteiger partial charge in [-0.1, -0.05) is 90.7 Å². The van der Waals surface area contributed by atoms with Gasteiger partial charge in [-0.3, -0.25) is 4.79 Å². The molecule has 0 saturated heterocycles. The minimum Gasteiger partial charge on any atom is -0.481 e. The molecule has 3 aromatic rings. The zero-order valence-corrected chi connectivity index (χ0v) is 16.9. The van der Waals surface area contributed by atoms with Gasteiger partial charge in [0.1, 0.15) is 12.4 Å². The fourth-order valence-electron chi connectivity index (χ4n) is 3.03. The van der Waals surface area contributed by atoms with Gasteiger partial charge in [-0.25, -0.2) is 0 Å². The van der Waals surface area contributed by atoms with Crippen LogP contribution in [0.3, 0.4) is 0 Å². The van der Waals surface area contributed by atoms with Gasteiger partial charge in [0, 0.05) is 0 Å². The maximum absolute atomic E-state index is 12.1. The molecule has 3 heteroatoms. The largest absolute Gasteiger partial charge is 0.481 e. The molecule has 0 atom stereocenters. The van der Waals surface area contributed by atoms with Crippen molar-refractivity contribution in [3.05, 3.63) is 103 Å². The lowest BCUT2D eigenvalue weighted by Gasteiger charge is -2.07. The Kier molecular flexibility index (Phi) is 7.88. The van der Waals surface area contributed by atoms with Crippen LogP contribution in [-0.4, -0.2) is 19.1 Å². The van der Waals surface area contributed by atoms with Crippen LogP contribution in [0.5, 0.6) is 5.75 Å². The first-order valence-electron chi connectivity index (χ1n) is 9.94. The van der Waals surface area contributed by atoms with Crippen LogP contribution in [0.2, 0.25) is 0 Å². The van der Waals surface area contributed by atoms with Crippen LogP contribution in [-0.2, 0) is 17.6 Å². The van der Waals surface area contributed by atoms with Crippen molar-refractivity contribution in [1.82, 2.24) is 5.32 Å².